The molecule has 2 aromatic heterocycles. The number of fused-ring (bicyclic) bond motifs is 1. The first-order chi connectivity index (χ1) is 18.0. The second-order valence-electron chi connectivity index (χ2n) is 9.50. The van der Waals surface area contributed by atoms with Crippen LogP contribution in [0.3, 0.4) is 0 Å². The van der Waals surface area contributed by atoms with Gasteiger partial charge >= 0.3 is 6.30 Å². The van der Waals surface area contributed by atoms with Gasteiger partial charge in [0.2, 0.25) is 5.95 Å². The van der Waals surface area contributed by atoms with Gasteiger partial charge in [-0.15, -0.1) is 0 Å². The van der Waals surface area contributed by atoms with Crippen molar-refractivity contribution in [3.05, 3.63) is 54.1 Å². The SMILES string of the molecule is CCc1cnc(N2CCC(N(c3cc(N4CCc5cc(S(C)(=O)=O)ccc54)ncn3)C(F)(F)F)CC2)nc1. The van der Waals surface area contributed by atoms with Crippen molar-refractivity contribution in [1.29, 1.82) is 0 Å². The van der Waals surface area contributed by atoms with Gasteiger partial charge in [0.05, 0.1) is 4.90 Å². The van der Waals surface area contributed by atoms with Crippen molar-refractivity contribution in [2.45, 2.75) is 49.8 Å². The normalized spacial score (nSPS) is 16.6. The van der Waals surface area contributed by atoms with Crippen LogP contribution in [-0.4, -0.2) is 66.6 Å². The highest BCUT2D eigenvalue weighted by Crippen LogP contribution is 2.38. The van der Waals surface area contributed by atoms with E-state index in [1.54, 1.807) is 29.4 Å². The zero-order chi connectivity index (χ0) is 27.1. The van der Waals surface area contributed by atoms with Crippen LogP contribution < -0.4 is 14.7 Å². The minimum atomic E-state index is -4.63. The minimum Gasteiger partial charge on any atom is -0.341 e. The Kier molecular flexibility index (Phi) is 6.88. The van der Waals surface area contributed by atoms with Crippen molar-refractivity contribution in [2.24, 2.45) is 0 Å². The van der Waals surface area contributed by atoms with Gasteiger partial charge in [-0.3, -0.25) is 4.90 Å². The second kappa shape index (κ2) is 10.0. The molecule has 0 bridgehead atoms. The topological polar surface area (TPSA) is 95.4 Å². The van der Waals surface area contributed by atoms with E-state index in [0.717, 1.165) is 35.8 Å². The number of alkyl halides is 3. The van der Waals surface area contributed by atoms with Gasteiger partial charge in [-0.1, -0.05) is 6.92 Å². The fourth-order valence-corrected chi connectivity index (χ4v) is 5.68. The Bertz CT molecular complexity index is 1410. The van der Waals surface area contributed by atoms with Crippen LogP contribution in [0.25, 0.3) is 0 Å². The summed E-state index contributed by atoms with van der Waals surface area (Å²) in [5.41, 5.74) is 2.54. The largest absolute Gasteiger partial charge is 0.486 e. The van der Waals surface area contributed by atoms with E-state index in [0.29, 0.717) is 42.7 Å². The molecule has 3 aromatic rings. The summed E-state index contributed by atoms with van der Waals surface area (Å²) in [5, 5.41) is 0. The van der Waals surface area contributed by atoms with Crippen LogP contribution in [-0.2, 0) is 22.7 Å². The summed E-state index contributed by atoms with van der Waals surface area (Å²) in [4.78, 5) is 21.3. The highest BCUT2D eigenvalue weighted by atomic mass is 32.2. The monoisotopic (exact) mass is 547 g/mol. The molecular weight excluding hydrogens is 519 g/mol. The van der Waals surface area contributed by atoms with Crippen LogP contribution in [0.15, 0.2) is 47.9 Å². The molecule has 2 aliphatic heterocycles. The van der Waals surface area contributed by atoms with Crippen LogP contribution in [0, 0.1) is 0 Å². The van der Waals surface area contributed by atoms with E-state index in [1.807, 2.05) is 11.8 Å². The molecule has 5 rings (SSSR count). The Hall–Kier alpha value is -3.48. The quantitative estimate of drug-likeness (QED) is 0.426. The van der Waals surface area contributed by atoms with Crippen molar-refractivity contribution in [1.82, 2.24) is 19.9 Å². The molecule has 13 heteroatoms. The molecule has 1 aromatic carbocycles. The smallest absolute Gasteiger partial charge is 0.341 e. The number of nitrogens with zero attached hydrogens (tertiary/aromatic N) is 7. The lowest BCUT2D eigenvalue weighted by atomic mass is 10.0. The number of aromatic nitrogens is 4. The van der Waals surface area contributed by atoms with Gasteiger partial charge in [-0.2, -0.15) is 13.2 Å². The molecule has 0 atom stereocenters. The van der Waals surface area contributed by atoms with E-state index in [-0.39, 0.29) is 23.6 Å². The molecule has 0 spiro atoms. The average Bonchev–Trinajstić information content (AvgIpc) is 3.32. The maximum atomic E-state index is 14.4. The van der Waals surface area contributed by atoms with Gasteiger partial charge in [0.15, 0.2) is 9.84 Å². The molecule has 0 amide bonds. The van der Waals surface area contributed by atoms with E-state index in [4.69, 9.17) is 0 Å². The van der Waals surface area contributed by atoms with Gasteiger partial charge in [0, 0.05) is 56.1 Å². The Labute approximate surface area is 219 Å². The number of sulfone groups is 1. The van der Waals surface area contributed by atoms with E-state index < -0.39 is 22.2 Å². The van der Waals surface area contributed by atoms with Crippen molar-refractivity contribution in [3.8, 4) is 0 Å². The Morgan fingerprint density at radius 2 is 1.74 bits per heavy atom. The van der Waals surface area contributed by atoms with Crippen LogP contribution >= 0.6 is 0 Å². The summed E-state index contributed by atoms with van der Waals surface area (Å²) in [6.07, 6.45) is 3.04. The van der Waals surface area contributed by atoms with Gasteiger partial charge in [0.1, 0.15) is 18.0 Å². The molecule has 0 N–H and O–H groups in total. The second-order valence-corrected chi connectivity index (χ2v) is 11.5. The lowest BCUT2D eigenvalue weighted by molar-refractivity contribution is -0.136. The molecule has 202 valence electrons. The Morgan fingerprint density at radius 1 is 1.03 bits per heavy atom. The molecule has 0 unspecified atom stereocenters. The highest BCUT2D eigenvalue weighted by molar-refractivity contribution is 7.90. The van der Waals surface area contributed by atoms with Gasteiger partial charge in [0.25, 0.3) is 0 Å². The third-order valence-electron chi connectivity index (χ3n) is 7.02. The molecular formula is C25H28F3N7O2S. The molecule has 0 radical (unpaired) electrons. The van der Waals surface area contributed by atoms with Crippen molar-refractivity contribution < 1.29 is 21.6 Å². The maximum absolute atomic E-state index is 14.4. The van der Waals surface area contributed by atoms with E-state index in [9.17, 15) is 21.6 Å². The van der Waals surface area contributed by atoms with Crippen LogP contribution in [0.2, 0.25) is 0 Å². The van der Waals surface area contributed by atoms with Crippen molar-refractivity contribution in [3.63, 3.8) is 0 Å². The molecule has 38 heavy (non-hydrogen) atoms. The zero-order valence-corrected chi connectivity index (χ0v) is 21.9. The summed E-state index contributed by atoms with van der Waals surface area (Å²) in [5.74, 6) is 0.637. The Morgan fingerprint density at radius 3 is 2.37 bits per heavy atom. The lowest BCUT2D eigenvalue weighted by Crippen LogP contribution is -2.51. The third kappa shape index (κ3) is 5.24. The van der Waals surface area contributed by atoms with Gasteiger partial charge in [-0.05, 0) is 55.0 Å². The third-order valence-corrected chi connectivity index (χ3v) is 8.13. The van der Waals surface area contributed by atoms with E-state index in [2.05, 4.69) is 19.9 Å². The summed E-state index contributed by atoms with van der Waals surface area (Å²) < 4.78 is 66.9. The van der Waals surface area contributed by atoms with E-state index in [1.165, 1.54) is 12.1 Å². The van der Waals surface area contributed by atoms with Crippen LogP contribution in [0.1, 0.15) is 30.9 Å². The first-order valence-electron chi connectivity index (χ1n) is 12.4. The number of hydrogen-bond donors (Lipinski definition) is 0. The Balaban J connectivity index is 1.37. The number of anilines is 4. The molecule has 4 heterocycles. The first-order valence-corrected chi connectivity index (χ1v) is 14.3. The average molecular weight is 548 g/mol. The summed E-state index contributed by atoms with van der Waals surface area (Å²) in [6, 6.07) is 5.34. The zero-order valence-electron chi connectivity index (χ0n) is 21.1. The number of piperidine rings is 1. The fourth-order valence-electron chi connectivity index (χ4n) is 5.01. The van der Waals surface area contributed by atoms with E-state index >= 15 is 0 Å². The molecule has 9 nitrogen and oxygen atoms in total. The predicted molar refractivity (Wildman–Crippen MR) is 137 cm³/mol. The molecule has 2 aliphatic rings. The maximum Gasteiger partial charge on any atom is 0.486 e. The molecule has 1 saturated heterocycles. The number of hydrogen-bond acceptors (Lipinski definition) is 9. The summed E-state index contributed by atoms with van der Waals surface area (Å²) >= 11 is 0. The van der Waals surface area contributed by atoms with Crippen molar-refractivity contribution in [2.75, 3.05) is 40.6 Å². The lowest BCUT2D eigenvalue weighted by Gasteiger charge is -2.39. The summed E-state index contributed by atoms with van der Waals surface area (Å²) in [7, 11) is -3.37. The van der Waals surface area contributed by atoms with Gasteiger partial charge in [-0.25, -0.2) is 28.4 Å². The van der Waals surface area contributed by atoms with Crippen LogP contribution in [0.5, 0.6) is 0 Å². The fraction of sp³-hybridized carbons (Fsp3) is 0.440. The first kappa shape index (κ1) is 26.1. The van der Waals surface area contributed by atoms with Crippen LogP contribution in [0.4, 0.5) is 36.4 Å². The van der Waals surface area contributed by atoms with Gasteiger partial charge < -0.3 is 9.80 Å². The number of benzene rings is 1. The minimum absolute atomic E-state index is 0.211. The standard InChI is InChI=1S/C25H28F3N7O2S/c1-3-17-14-29-24(30-15-17)33-9-7-19(8-10-33)35(25(26,27)28)23-13-22(31-16-32-23)34-11-6-18-12-20(38(2,36)37)4-5-21(18)34/h4-5,12-16,19H,3,6-11H2,1-2H3. The number of aryl methyl sites for hydroxylation is 1. The predicted octanol–water partition coefficient (Wildman–Crippen LogP) is 3.92. The summed E-state index contributed by atoms with van der Waals surface area (Å²) in [6.45, 7) is 3.26. The number of halogens is 3. The molecule has 0 aliphatic carbocycles. The number of rotatable bonds is 6. The van der Waals surface area contributed by atoms with Crippen molar-refractivity contribution >= 4 is 33.1 Å². The molecule has 0 saturated carbocycles. The molecule has 1 fully saturated rings. The highest BCUT2D eigenvalue weighted by Gasteiger charge is 2.44.